The summed E-state index contributed by atoms with van der Waals surface area (Å²) < 4.78 is 0. The number of rotatable bonds is 7. The van der Waals surface area contributed by atoms with Crippen molar-refractivity contribution in [1.82, 2.24) is 5.32 Å². The van der Waals surface area contributed by atoms with Crippen LogP contribution in [0.2, 0.25) is 0 Å². The molecular weight excluding hydrogens is 256 g/mol. The van der Waals surface area contributed by atoms with Crippen molar-refractivity contribution >= 4 is 17.7 Å². The lowest BCUT2D eigenvalue weighted by molar-refractivity contribution is -0.136. The molecule has 0 saturated heterocycles. The highest BCUT2D eigenvalue weighted by Crippen LogP contribution is 2.15. The second-order valence-corrected chi connectivity index (χ2v) is 4.27. The number of anilines is 1. The Labute approximate surface area is 118 Å². The molecule has 106 valence electrons. The Hall–Kier alpha value is -2.48. The van der Waals surface area contributed by atoms with Gasteiger partial charge in [0.15, 0.2) is 0 Å². The number of carboxylic acid groups (broad SMARTS) is 1. The summed E-state index contributed by atoms with van der Waals surface area (Å²) in [6.45, 7) is 0.536. The summed E-state index contributed by atoms with van der Waals surface area (Å²) in [4.78, 5) is 22.4. The van der Waals surface area contributed by atoms with Crippen molar-refractivity contribution in [3.63, 3.8) is 0 Å². The molecule has 0 fully saturated rings. The molecule has 0 aliphatic rings. The van der Waals surface area contributed by atoms with E-state index in [0.29, 0.717) is 24.2 Å². The molecular formula is C15H18N2O3. The number of nitrogens with one attached hydrogen (secondary N) is 2. The highest BCUT2D eigenvalue weighted by Gasteiger charge is 2.08. The Balaban J connectivity index is 2.45. The summed E-state index contributed by atoms with van der Waals surface area (Å²) in [7, 11) is 0. The Bertz CT molecular complexity index is 506. The first-order valence-electron chi connectivity index (χ1n) is 6.41. The minimum atomic E-state index is -0.936. The number of amides is 2. The average Bonchev–Trinajstić information content (AvgIpc) is 2.40. The molecule has 2 amide bonds. The highest BCUT2D eigenvalue weighted by atomic mass is 16.4. The van der Waals surface area contributed by atoms with Crippen LogP contribution in [0.5, 0.6) is 0 Å². The molecule has 0 spiro atoms. The van der Waals surface area contributed by atoms with Crippen LogP contribution in [0.25, 0.3) is 0 Å². The van der Waals surface area contributed by atoms with Gasteiger partial charge in [-0.05, 0) is 24.5 Å². The molecule has 0 saturated carbocycles. The van der Waals surface area contributed by atoms with Crippen molar-refractivity contribution in [2.24, 2.45) is 0 Å². The number of hydrogen-bond acceptors (Lipinski definition) is 2. The summed E-state index contributed by atoms with van der Waals surface area (Å²) in [5.41, 5.74) is 1.08. The minimum absolute atomic E-state index is 0.126. The zero-order chi connectivity index (χ0) is 14.8. The number of carboxylic acids is 1. The van der Waals surface area contributed by atoms with E-state index >= 15 is 0 Å². The number of unbranched alkanes of at least 4 members (excludes halogenated alkanes) is 2. The fraction of sp³-hybridized carbons (Fsp3) is 0.333. The van der Waals surface area contributed by atoms with Gasteiger partial charge in [-0.1, -0.05) is 18.2 Å². The molecule has 0 aromatic heterocycles. The van der Waals surface area contributed by atoms with Crippen LogP contribution < -0.4 is 10.6 Å². The van der Waals surface area contributed by atoms with Crippen LogP contribution in [0.15, 0.2) is 24.3 Å². The smallest absolute Gasteiger partial charge is 0.319 e. The first-order chi connectivity index (χ1) is 9.63. The molecule has 0 heterocycles. The number of hydrogen-bond donors (Lipinski definition) is 3. The minimum Gasteiger partial charge on any atom is -0.481 e. The van der Waals surface area contributed by atoms with E-state index in [0.717, 1.165) is 12.8 Å². The maximum Gasteiger partial charge on any atom is 0.319 e. The largest absolute Gasteiger partial charge is 0.481 e. The lowest BCUT2D eigenvalue weighted by Crippen LogP contribution is -2.30. The van der Waals surface area contributed by atoms with Gasteiger partial charge in [0.05, 0.1) is 6.42 Å². The van der Waals surface area contributed by atoms with Crippen LogP contribution in [0.4, 0.5) is 10.5 Å². The van der Waals surface area contributed by atoms with Gasteiger partial charge in [0.25, 0.3) is 0 Å². The molecule has 0 radical (unpaired) electrons. The predicted molar refractivity (Wildman–Crippen MR) is 77.5 cm³/mol. The van der Waals surface area contributed by atoms with Gasteiger partial charge in [0.1, 0.15) is 0 Å². The lowest BCUT2D eigenvalue weighted by Gasteiger charge is -2.10. The zero-order valence-electron chi connectivity index (χ0n) is 11.2. The van der Waals surface area contributed by atoms with Gasteiger partial charge in [-0.3, -0.25) is 4.79 Å². The molecule has 0 unspecified atom stereocenters. The molecule has 0 aliphatic carbocycles. The van der Waals surface area contributed by atoms with E-state index in [1.807, 2.05) is 0 Å². The Morgan fingerprint density at radius 3 is 2.70 bits per heavy atom. The van der Waals surface area contributed by atoms with Gasteiger partial charge >= 0.3 is 12.0 Å². The predicted octanol–water partition coefficient (Wildman–Crippen LogP) is 2.24. The average molecular weight is 274 g/mol. The summed E-state index contributed by atoms with van der Waals surface area (Å²) in [6, 6.07) is 6.49. The van der Waals surface area contributed by atoms with Crippen LogP contribution in [-0.2, 0) is 11.2 Å². The maximum absolute atomic E-state index is 11.7. The lowest BCUT2D eigenvalue weighted by atomic mass is 10.1. The van der Waals surface area contributed by atoms with Crippen LogP contribution in [0.3, 0.4) is 0 Å². The number of terminal acetylenes is 1. The first kappa shape index (κ1) is 15.6. The van der Waals surface area contributed by atoms with Crippen LogP contribution in [-0.4, -0.2) is 23.7 Å². The molecule has 1 rings (SSSR count). The van der Waals surface area contributed by atoms with Gasteiger partial charge in [0.2, 0.25) is 0 Å². The van der Waals surface area contributed by atoms with Crippen LogP contribution in [0.1, 0.15) is 24.8 Å². The van der Waals surface area contributed by atoms with Gasteiger partial charge < -0.3 is 15.7 Å². The van der Waals surface area contributed by atoms with Crippen molar-refractivity contribution in [3.8, 4) is 12.3 Å². The van der Waals surface area contributed by atoms with Crippen molar-refractivity contribution in [1.29, 1.82) is 0 Å². The topological polar surface area (TPSA) is 78.4 Å². The third-order valence-corrected chi connectivity index (χ3v) is 2.64. The molecule has 1 aromatic carbocycles. The fourth-order valence-corrected chi connectivity index (χ4v) is 1.68. The third kappa shape index (κ3) is 5.91. The normalized spacial score (nSPS) is 9.55. The van der Waals surface area contributed by atoms with Crippen molar-refractivity contribution < 1.29 is 14.7 Å². The highest BCUT2D eigenvalue weighted by molar-refractivity contribution is 5.90. The first-order valence-corrected chi connectivity index (χ1v) is 6.41. The second-order valence-electron chi connectivity index (χ2n) is 4.27. The monoisotopic (exact) mass is 274 g/mol. The van der Waals surface area contributed by atoms with Gasteiger partial charge in [0, 0.05) is 18.7 Å². The van der Waals surface area contributed by atoms with Crippen molar-refractivity contribution in [2.45, 2.75) is 25.7 Å². The number of carbonyl (C=O) groups is 2. The quantitative estimate of drug-likeness (QED) is 0.527. The van der Waals surface area contributed by atoms with Crippen LogP contribution >= 0.6 is 0 Å². The third-order valence-electron chi connectivity index (χ3n) is 2.64. The molecule has 0 bridgehead atoms. The van der Waals surface area contributed by atoms with Gasteiger partial charge in [-0.15, -0.1) is 12.3 Å². The summed E-state index contributed by atoms with van der Waals surface area (Å²) in [5, 5.41) is 14.2. The van der Waals surface area contributed by atoms with Crippen molar-refractivity contribution in [3.05, 3.63) is 29.8 Å². The molecule has 0 atom stereocenters. The van der Waals surface area contributed by atoms with E-state index in [9.17, 15) is 9.59 Å². The molecule has 5 heteroatoms. The number of benzene rings is 1. The van der Waals surface area contributed by atoms with Crippen LogP contribution in [0, 0.1) is 12.3 Å². The molecule has 1 aromatic rings. The van der Waals surface area contributed by atoms with E-state index in [4.69, 9.17) is 11.5 Å². The molecule has 20 heavy (non-hydrogen) atoms. The number of urea groups is 1. The van der Waals surface area contributed by atoms with Gasteiger partial charge in [-0.2, -0.15) is 0 Å². The number of aliphatic carboxylic acids is 1. The Morgan fingerprint density at radius 1 is 1.25 bits per heavy atom. The van der Waals surface area contributed by atoms with E-state index < -0.39 is 5.97 Å². The summed E-state index contributed by atoms with van der Waals surface area (Å²) >= 11 is 0. The van der Waals surface area contributed by atoms with E-state index in [2.05, 4.69) is 16.6 Å². The Morgan fingerprint density at radius 2 is 2.00 bits per heavy atom. The summed E-state index contributed by atoms with van der Waals surface area (Å²) in [6.07, 6.45) is 7.39. The summed E-state index contributed by atoms with van der Waals surface area (Å²) in [5.74, 6) is 1.60. The molecule has 5 nitrogen and oxygen atoms in total. The van der Waals surface area contributed by atoms with Gasteiger partial charge in [-0.25, -0.2) is 4.79 Å². The SMILES string of the molecule is C#CCCCCNC(=O)Nc1ccccc1CC(=O)O. The standard InChI is InChI=1S/C15H18N2O3/c1-2-3-4-7-10-16-15(20)17-13-9-6-5-8-12(13)11-14(18)19/h1,5-6,8-9H,3-4,7,10-11H2,(H,18,19)(H2,16,17,20). The maximum atomic E-state index is 11.7. The van der Waals surface area contributed by atoms with E-state index in [1.54, 1.807) is 24.3 Å². The van der Waals surface area contributed by atoms with E-state index in [-0.39, 0.29) is 12.5 Å². The fourth-order valence-electron chi connectivity index (χ4n) is 1.68. The Kier molecular flexibility index (Phi) is 6.69. The molecule has 0 aliphatic heterocycles. The number of para-hydroxylation sites is 1. The zero-order valence-corrected chi connectivity index (χ0v) is 11.2. The number of carbonyl (C=O) groups excluding carboxylic acids is 1. The van der Waals surface area contributed by atoms with Crippen molar-refractivity contribution in [2.75, 3.05) is 11.9 Å². The van der Waals surface area contributed by atoms with E-state index in [1.165, 1.54) is 0 Å². The molecule has 3 N–H and O–H groups in total. The second kappa shape index (κ2) is 8.59.